The van der Waals surface area contributed by atoms with Crippen LogP contribution in [0.25, 0.3) is 6.08 Å². The minimum absolute atomic E-state index is 0.0579. The molecular weight excluding hydrogens is 377 g/mol. The molecule has 1 atom stereocenters. The predicted molar refractivity (Wildman–Crippen MR) is 91.7 cm³/mol. The van der Waals surface area contributed by atoms with Gasteiger partial charge in [-0.15, -0.1) is 0 Å². The molecule has 24 heavy (non-hydrogen) atoms. The van der Waals surface area contributed by atoms with Gasteiger partial charge < -0.3 is 10.1 Å². The van der Waals surface area contributed by atoms with Crippen molar-refractivity contribution in [2.24, 2.45) is 0 Å². The molecule has 130 valence electrons. The highest BCUT2D eigenvalue weighted by molar-refractivity contribution is 7.91. The molecule has 0 spiro atoms. The van der Waals surface area contributed by atoms with Gasteiger partial charge in [0.1, 0.15) is 0 Å². The summed E-state index contributed by atoms with van der Waals surface area (Å²) in [6, 6.07) is 4.38. The standard InChI is InChI=1S/C15H15Cl2NO5S/c16-11-3-1-10(13(17)7-11)2-4-15(20)23-8-14(19)18-12-5-6-24(21,22)9-12/h1-4,7,12H,5-6,8-9H2,(H,18,19)/b4-2+/t12-/m1/s1. The average Bonchev–Trinajstić information content (AvgIpc) is 2.83. The topological polar surface area (TPSA) is 89.5 Å². The summed E-state index contributed by atoms with van der Waals surface area (Å²) in [7, 11) is -3.07. The van der Waals surface area contributed by atoms with Crippen molar-refractivity contribution < 1.29 is 22.7 Å². The van der Waals surface area contributed by atoms with Crippen LogP contribution in [0.2, 0.25) is 10.0 Å². The first-order chi connectivity index (χ1) is 11.2. The number of sulfone groups is 1. The van der Waals surface area contributed by atoms with Crippen LogP contribution in [0.3, 0.4) is 0 Å². The summed E-state index contributed by atoms with van der Waals surface area (Å²) in [4.78, 5) is 23.2. The molecule has 1 saturated heterocycles. The number of carbonyl (C=O) groups is 2. The van der Waals surface area contributed by atoms with E-state index in [1.807, 2.05) is 0 Å². The van der Waals surface area contributed by atoms with Crippen LogP contribution >= 0.6 is 23.2 Å². The van der Waals surface area contributed by atoms with Crippen molar-refractivity contribution in [3.05, 3.63) is 39.9 Å². The monoisotopic (exact) mass is 391 g/mol. The maximum atomic E-state index is 11.6. The van der Waals surface area contributed by atoms with Crippen LogP contribution in [0.15, 0.2) is 24.3 Å². The van der Waals surface area contributed by atoms with Crippen LogP contribution in [0.4, 0.5) is 0 Å². The third-order valence-electron chi connectivity index (χ3n) is 3.30. The summed E-state index contributed by atoms with van der Waals surface area (Å²) in [6.07, 6.45) is 2.96. The smallest absolute Gasteiger partial charge is 0.331 e. The Balaban J connectivity index is 1.78. The number of rotatable bonds is 5. The molecule has 0 aromatic heterocycles. The number of hydrogen-bond acceptors (Lipinski definition) is 5. The van der Waals surface area contributed by atoms with Gasteiger partial charge in [-0.2, -0.15) is 0 Å². The van der Waals surface area contributed by atoms with E-state index in [0.29, 0.717) is 22.0 Å². The van der Waals surface area contributed by atoms with Crippen LogP contribution in [-0.2, 0) is 24.2 Å². The first-order valence-corrected chi connectivity index (χ1v) is 9.62. The number of esters is 1. The van der Waals surface area contributed by atoms with Crippen molar-refractivity contribution in [3.8, 4) is 0 Å². The summed E-state index contributed by atoms with van der Waals surface area (Å²) >= 11 is 11.7. The quantitative estimate of drug-likeness (QED) is 0.610. The van der Waals surface area contributed by atoms with Crippen LogP contribution in [-0.4, -0.2) is 44.4 Å². The average molecular weight is 392 g/mol. The molecule has 0 radical (unpaired) electrons. The molecule has 6 nitrogen and oxygen atoms in total. The largest absolute Gasteiger partial charge is 0.452 e. The van der Waals surface area contributed by atoms with Gasteiger partial charge in [-0.3, -0.25) is 4.79 Å². The van der Waals surface area contributed by atoms with Crippen LogP contribution in [0.1, 0.15) is 12.0 Å². The van der Waals surface area contributed by atoms with Crippen molar-refractivity contribution in [2.45, 2.75) is 12.5 Å². The van der Waals surface area contributed by atoms with Crippen molar-refractivity contribution in [1.29, 1.82) is 0 Å². The molecule has 0 bridgehead atoms. The fourth-order valence-electron chi connectivity index (χ4n) is 2.16. The van der Waals surface area contributed by atoms with E-state index in [1.165, 1.54) is 12.1 Å². The van der Waals surface area contributed by atoms with E-state index in [1.54, 1.807) is 12.1 Å². The lowest BCUT2D eigenvalue weighted by Crippen LogP contribution is -2.38. The summed E-state index contributed by atoms with van der Waals surface area (Å²) in [5.74, 6) is -1.28. The van der Waals surface area contributed by atoms with Gasteiger partial charge in [-0.25, -0.2) is 13.2 Å². The normalized spacial score (nSPS) is 19.3. The van der Waals surface area contributed by atoms with Gasteiger partial charge >= 0.3 is 5.97 Å². The van der Waals surface area contributed by atoms with E-state index >= 15 is 0 Å². The first-order valence-electron chi connectivity index (χ1n) is 7.05. The van der Waals surface area contributed by atoms with E-state index < -0.39 is 34.4 Å². The van der Waals surface area contributed by atoms with E-state index in [-0.39, 0.29) is 11.5 Å². The summed E-state index contributed by atoms with van der Waals surface area (Å²) in [5.41, 5.74) is 0.582. The highest BCUT2D eigenvalue weighted by Gasteiger charge is 2.28. The molecule has 1 amide bonds. The van der Waals surface area contributed by atoms with Crippen LogP contribution in [0, 0.1) is 0 Å². The third kappa shape index (κ3) is 5.81. The van der Waals surface area contributed by atoms with Crippen molar-refractivity contribution >= 4 is 51.0 Å². The Morgan fingerprint density at radius 2 is 2.08 bits per heavy atom. The molecule has 9 heteroatoms. The van der Waals surface area contributed by atoms with Crippen molar-refractivity contribution in [1.82, 2.24) is 5.32 Å². The second-order valence-electron chi connectivity index (χ2n) is 5.27. The van der Waals surface area contributed by atoms with Gasteiger partial charge in [0, 0.05) is 22.2 Å². The second kappa shape index (κ2) is 8.00. The number of carbonyl (C=O) groups excluding carboxylic acids is 2. The molecule has 0 unspecified atom stereocenters. The van der Waals surface area contributed by atoms with E-state index in [2.05, 4.69) is 5.32 Å². The first kappa shape index (κ1) is 18.8. The zero-order chi connectivity index (χ0) is 17.7. The summed E-state index contributed by atoms with van der Waals surface area (Å²) in [5, 5.41) is 3.38. The Kier molecular flexibility index (Phi) is 6.26. The molecule has 1 aromatic carbocycles. The van der Waals surface area contributed by atoms with Crippen molar-refractivity contribution in [2.75, 3.05) is 18.1 Å². The molecule has 1 aliphatic rings. The molecule has 1 aliphatic heterocycles. The van der Waals surface area contributed by atoms with Gasteiger partial charge in [0.2, 0.25) is 0 Å². The number of halogens is 2. The van der Waals surface area contributed by atoms with Gasteiger partial charge in [0.15, 0.2) is 16.4 Å². The van der Waals surface area contributed by atoms with Gasteiger partial charge in [-0.1, -0.05) is 29.3 Å². The molecule has 1 N–H and O–H groups in total. The Hall–Kier alpha value is -1.57. The Labute approximate surface area is 149 Å². The molecule has 0 aliphatic carbocycles. The van der Waals surface area contributed by atoms with Crippen LogP contribution < -0.4 is 5.32 Å². The number of benzene rings is 1. The van der Waals surface area contributed by atoms with E-state index in [9.17, 15) is 18.0 Å². The molecular formula is C15H15Cl2NO5S. The predicted octanol–water partition coefficient (Wildman–Crippen LogP) is 1.85. The van der Waals surface area contributed by atoms with Gasteiger partial charge in [0.25, 0.3) is 5.91 Å². The minimum Gasteiger partial charge on any atom is -0.452 e. The highest BCUT2D eigenvalue weighted by Crippen LogP contribution is 2.21. The number of ether oxygens (including phenoxy) is 1. The van der Waals surface area contributed by atoms with Crippen molar-refractivity contribution in [3.63, 3.8) is 0 Å². The fourth-order valence-corrected chi connectivity index (χ4v) is 4.30. The molecule has 1 fully saturated rings. The number of amides is 1. The summed E-state index contributed by atoms with van der Waals surface area (Å²) in [6.45, 7) is -0.478. The van der Waals surface area contributed by atoms with Crippen LogP contribution in [0.5, 0.6) is 0 Å². The SMILES string of the molecule is O=C(COC(=O)/C=C/c1ccc(Cl)cc1Cl)N[C@@H]1CCS(=O)(=O)C1. The maximum Gasteiger partial charge on any atom is 0.331 e. The highest BCUT2D eigenvalue weighted by atomic mass is 35.5. The second-order valence-corrected chi connectivity index (χ2v) is 8.35. The lowest BCUT2D eigenvalue weighted by molar-refractivity contribution is -0.143. The maximum absolute atomic E-state index is 11.6. The number of hydrogen-bond donors (Lipinski definition) is 1. The Morgan fingerprint density at radius 1 is 1.33 bits per heavy atom. The zero-order valence-electron chi connectivity index (χ0n) is 12.5. The lowest BCUT2D eigenvalue weighted by atomic mass is 10.2. The van der Waals surface area contributed by atoms with Gasteiger partial charge in [0.05, 0.1) is 11.5 Å². The number of nitrogens with one attached hydrogen (secondary N) is 1. The van der Waals surface area contributed by atoms with E-state index in [0.717, 1.165) is 6.08 Å². The zero-order valence-corrected chi connectivity index (χ0v) is 14.8. The Morgan fingerprint density at radius 3 is 2.71 bits per heavy atom. The molecule has 1 heterocycles. The molecule has 0 saturated carbocycles. The summed E-state index contributed by atoms with van der Waals surface area (Å²) < 4.78 is 27.4. The third-order valence-corrected chi connectivity index (χ3v) is 5.63. The molecule has 1 aromatic rings. The Bertz CT molecular complexity index is 776. The lowest BCUT2D eigenvalue weighted by Gasteiger charge is -2.10. The fraction of sp³-hybridized carbons (Fsp3) is 0.333. The minimum atomic E-state index is -3.07. The van der Waals surface area contributed by atoms with Gasteiger partial charge in [-0.05, 0) is 30.2 Å². The molecule has 2 rings (SSSR count). The van der Waals surface area contributed by atoms with E-state index in [4.69, 9.17) is 27.9 Å².